The van der Waals surface area contributed by atoms with Crippen molar-refractivity contribution in [3.05, 3.63) is 27.3 Å². The van der Waals surface area contributed by atoms with Gasteiger partial charge in [-0.2, -0.15) is 0 Å². The van der Waals surface area contributed by atoms with Gasteiger partial charge >= 0.3 is 5.97 Å². The number of hydrogen-bond donors (Lipinski definition) is 1. The molecule has 0 fully saturated rings. The molecule has 0 aliphatic rings. The number of rotatable bonds is 2. The SMILES string of the molecule is O=C(O)Cc1cc(F)cc(I)n1. The number of pyridine rings is 1. The van der Waals surface area contributed by atoms with Crippen LogP contribution in [0.1, 0.15) is 5.69 Å². The summed E-state index contributed by atoms with van der Waals surface area (Å²) in [6.07, 6.45) is -0.242. The van der Waals surface area contributed by atoms with Crippen molar-refractivity contribution in [3.63, 3.8) is 0 Å². The third kappa shape index (κ3) is 2.72. The number of carbonyl (C=O) groups is 1. The molecule has 1 N–H and O–H groups in total. The summed E-state index contributed by atoms with van der Waals surface area (Å²) in [5.74, 6) is -1.46. The summed E-state index contributed by atoms with van der Waals surface area (Å²) in [4.78, 5) is 14.1. The quantitative estimate of drug-likeness (QED) is 0.659. The molecule has 0 bridgehead atoms. The first-order chi connectivity index (χ1) is 5.58. The smallest absolute Gasteiger partial charge is 0.309 e. The summed E-state index contributed by atoms with van der Waals surface area (Å²) in [5.41, 5.74) is 0.243. The third-order valence-corrected chi connectivity index (χ3v) is 1.70. The van der Waals surface area contributed by atoms with Gasteiger partial charge in [-0.05, 0) is 28.7 Å². The van der Waals surface area contributed by atoms with Gasteiger partial charge in [0.15, 0.2) is 0 Å². The number of halogens is 2. The van der Waals surface area contributed by atoms with Gasteiger partial charge in [0.05, 0.1) is 12.1 Å². The zero-order valence-electron chi connectivity index (χ0n) is 5.92. The van der Waals surface area contributed by atoms with Crippen molar-refractivity contribution in [1.29, 1.82) is 0 Å². The lowest BCUT2D eigenvalue weighted by Crippen LogP contribution is -2.03. The van der Waals surface area contributed by atoms with Gasteiger partial charge in [0.1, 0.15) is 9.52 Å². The average Bonchev–Trinajstić information content (AvgIpc) is 1.81. The predicted octanol–water partition coefficient (Wildman–Crippen LogP) is 1.45. The minimum Gasteiger partial charge on any atom is -0.481 e. The van der Waals surface area contributed by atoms with E-state index in [-0.39, 0.29) is 12.1 Å². The summed E-state index contributed by atoms with van der Waals surface area (Å²) in [6, 6.07) is 2.36. The molecule has 0 amide bonds. The summed E-state index contributed by atoms with van der Waals surface area (Å²) in [6.45, 7) is 0. The van der Waals surface area contributed by atoms with Gasteiger partial charge in [-0.25, -0.2) is 9.37 Å². The highest BCUT2D eigenvalue weighted by Gasteiger charge is 2.04. The van der Waals surface area contributed by atoms with Crippen LogP contribution in [0.3, 0.4) is 0 Å². The van der Waals surface area contributed by atoms with Crippen molar-refractivity contribution < 1.29 is 14.3 Å². The van der Waals surface area contributed by atoms with E-state index in [9.17, 15) is 9.18 Å². The van der Waals surface area contributed by atoms with Gasteiger partial charge in [0.25, 0.3) is 0 Å². The van der Waals surface area contributed by atoms with Gasteiger partial charge in [0, 0.05) is 6.07 Å². The third-order valence-electron chi connectivity index (χ3n) is 1.14. The van der Waals surface area contributed by atoms with E-state index in [1.165, 1.54) is 6.07 Å². The summed E-state index contributed by atoms with van der Waals surface area (Å²) in [7, 11) is 0. The van der Waals surface area contributed by atoms with Gasteiger partial charge in [0.2, 0.25) is 0 Å². The molecule has 0 atom stereocenters. The molecular formula is C7H5FINO2. The molecule has 5 heteroatoms. The molecule has 0 aromatic carbocycles. The number of hydrogen-bond acceptors (Lipinski definition) is 2. The fraction of sp³-hybridized carbons (Fsp3) is 0.143. The number of carboxylic acid groups (broad SMARTS) is 1. The molecule has 0 saturated carbocycles. The van der Waals surface area contributed by atoms with Crippen LogP contribution in [-0.4, -0.2) is 16.1 Å². The molecule has 0 aliphatic heterocycles. The molecule has 0 aliphatic carbocycles. The molecule has 0 radical (unpaired) electrons. The zero-order valence-corrected chi connectivity index (χ0v) is 8.08. The van der Waals surface area contributed by atoms with Gasteiger partial charge in [-0.15, -0.1) is 0 Å². The summed E-state index contributed by atoms with van der Waals surface area (Å²) >= 11 is 1.83. The number of aromatic nitrogens is 1. The lowest BCUT2D eigenvalue weighted by Gasteiger charge is -1.97. The van der Waals surface area contributed by atoms with E-state index in [0.717, 1.165) is 6.07 Å². The van der Waals surface area contributed by atoms with Crippen molar-refractivity contribution in [2.45, 2.75) is 6.42 Å². The Labute approximate surface area is 81.8 Å². The Balaban J connectivity index is 2.93. The number of carboxylic acids is 1. The molecule has 3 nitrogen and oxygen atoms in total. The highest BCUT2D eigenvalue weighted by Crippen LogP contribution is 2.07. The second kappa shape index (κ2) is 3.79. The van der Waals surface area contributed by atoms with Crippen LogP contribution in [0.5, 0.6) is 0 Å². The molecule has 1 aromatic rings. The van der Waals surface area contributed by atoms with Gasteiger partial charge in [-0.1, -0.05) is 0 Å². The molecular weight excluding hydrogens is 276 g/mol. The monoisotopic (exact) mass is 281 g/mol. The Hall–Kier alpha value is -0.720. The second-order valence-corrected chi connectivity index (χ2v) is 3.28. The maximum absolute atomic E-state index is 12.6. The Morgan fingerprint density at radius 1 is 1.67 bits per heavy atom. The number of nitrogens with zero attached hydrogens (tertiary/aromatic N) is 1. The minimum atomic E-state index is -1.01. The lowest BCUT2D eigenvalue weighted by atomic mass is 10.3. The highest BCUT2D eigenvalue weighted by atomic mass is 127. The van der Waals surface area contributed by atoms with Gasteiger partial charge in [-0.3, -0.25) is 4.79 Å². The maximum Gasteiger partial charge on any atom is 0.309 e. The normalized spacial score (nSPS) is 9.83. The Bertz CT molecular complexity index is 296. The van der Waals surface area contributed by atoms with Crippen LogP contribution in [0.4, 0.5) is 4.39 Å². The largest absolute Gasteiger partial charge is 0.481 e. The summed E-state index contributed by atoms with van der Waals surface area (Å²) in [5, 5.41) is 8.38. The zero-order chi connectivity index (χ0) is 9.14. The van der Waals surface area contributed by atoms with Crippen LogP contribution < -0.4 is 0 Å². The van der Waals surface area contributed by atoms with Crippen LogP contribution in [-0.2, 0) is 11.2 Å². The van der Waals surface area contributed by atoms with Crippen LogP contribution in [0.2, 0.25) is 0 Å². The average molecular weight is 281 g/mol. The van der Waals surface area contributed by atoms with Crippen LogP contribution in [0, 0.1) is 9.52 Å². The Kier molecular flexibility index (Phi) is 2.96. The van der Waals surface area contributed by atoms with Crippen molar-refractivity contribution in [3.8, 4) is 0 Å². The fourth-order valence-corrected chi connectivity index (χ4v) is 1.37. The molecule has 0 unspecified atom stereocenters. The van der Waals surface area contributed by atoms with Crippen LogP contribution in [0.25, 0.3) is 0 Å². The standard InChI is InChI=1S/C7H5FINO2/c8-4-1-5(3-7(11)12)10-6(9)2-4/h1-2H,3H2,(H,11,12). The van der Waals surface area contributed by atoms with E-state index in [0.29, 0.717) is 3.70 Å². The Morgan fingerprint density at radius 2 is 2.33 bits per heavy atom. The topological polar surface area (TPSA) is 50.2 Å². The van der Waals surface area contributed by atoms with Crippen molar-refractivity contribution in [2.24, 2.45) is 0 Å². The minimum absolute atomic E-state index is 0.242. The second-order valence-electron chi connectivity index (χ2n) is 2.17. The first-order valence-corrected chi connectivity index (χ1v) is 4.19. The van der Waals surface area contributed by atoms with E-state index >= 15 is 0 Å². The van der Waals surface area contributed by atoms with Crippen molar-refractivity contribution >= 4 is 28.6 Å². The highest BCUT2D eigenvalue weighted by molar-refractivity contribution is 14.1. The van der Waals surface area contributed by atoms with Crippen molar-refractivity contribution in [2.75, 3.05) is 0 Å². The Morgan fingerprint density at radius 3 is 2.83 bits per heavy atom. The van der Waals surface area contributed by atoms with E-state index < -0.39 is 11.8 Å². The fourth-order valence-electron chi connectivity index (χ4n) is 0.762. The lowest BCUT2D eigenvalue weighted by molar-refractivity contribution is -0.136. The van der Waals surface area contributed by atoms with E-state index in [2.05, 4.69) is 4.98 Å². The van der Waals surface area contributed by atoms with Crippen LogP contribution in [0.15, 0.2) is 12.1 Å². The molecule has 1 aromatic heterocycles. The molecule has 12 heavy (non-hydrogen) atoms. The molecule has 0 spiro atoms. The molecule has 0 saturated heterocycles. The first-order valence-electron chi connectivity index (χ1n) is 3.11. The first kappa shape index (κ1) is 9.37. The van der Waals surface area contributed by atoms with Gasteiger partial charge < -0.3 is 5.11 Å². The van der Waals surface area contributed by atoms with E-state index in [1.54, 1.807) is 0 Å². The summed E-state index contributed by atoms with van der Waals surface area (Å²) < 4.78 is 13.1. The molecule has 64 valence electrons. The molecule has 1 heterocycles. The molecule has 1 rings (SSSR count). The van der Waals surface area contributed by atoms with Crippen molar-refractivity contribution in [1.82, 2.24) is 4.98 Å². The number of aliphatic carboxylic acids is 1. The van der Waals surface area contributed by atoms with E-state index in [1.807, 2.05) is 22.6 Å². The maximum atomic E-state index is 12.6. The van der Waals surface area contributed by atoms with Crippen LogP contribution >= 0.6 is 22.6 Å². The van der Waals surface area contributed by atoms with E-state index in [4.69, 9.17) is 5.11 Å². The predicted molar refractivity (Wildman–Crippen MR) is 48.3 cm³/mol.